The second-order valence-corrected chi connectivity index (χ2v) is 3.77. The van der Waals surface area contributed by atoms with Crippen LogP contribution in [0.15, 0.2) is 0 Å². The monoisotopic (exact) mass is 184 g/mol. The van der Waals surface area contributed by atoms with Crippen LogP contribution in [0.1, 0.15) is 12.8 Å². The van der Waals surface area contributed by atoms with Crippen molar-refractivity contribution < 1.29 is 9.53 Å². The summed E-state index contributed by atoms with van der Waals surface area (Å²) in [6.45, 7) is 2.85. The molecule has 0 aromatic carbocycles. The largest absolute Gasteiger partial charge is 0.378 e. The maximum absolute atomic E-state index is 11.5. The van der Waals surface area contributed by atoms with Crippen molar-refractivity contribution in [1.29, 1.82) is 0 Å². The summed E-state index contributed by atoms with van der Waals surface area (Å²) in [5, 5.41) is 6.06. The second-order valence-electron chi connectivity index (χ2n) is 3.77. The maximum Gasteiger partial charge on any atom is 0.239 e. The van der Waals surface area contributed by atoms with E-state index in [-0.39, 0.29) is 11.9 Å². The molecule has 13 heavy (non-hydrogen) atoms. The van der Waals surface area contributed by atoms with Crippen LogP contribution < -0.4 is 10.6 Å². The minimum atomic E-state index is -0.132. The first kappa shape index (κ1) is 8.97. The van der Waals surface area contributed by atoms with Crippen LogP contribution in [0.5, 0.6) is 0 Å². The van der Waals surface area contributed by atoms with E-state index in [4.69, 9.17) is 4.74 Å². The van der Waals surface area contributed by atoms with Crippen LogP contribution >= 0.6 is 0 Å². The van der Waals surface area contributed by atoms with Gasteiger partial charge in [-0.3, -0.25) is 4.79 Å². The quantitative estimate of drug-likeness (QED) is 0.622. The minimum Gasteiger partial charge on any atom is -0.378 e. The molecule has 1 unspecified atom stereocenters. The van der Waals surface area contributed by atoms with Gasteiger partial charge in [0.05, 0.1) is 13.2 Å². The molecule has 2 rings (SSSR count). The van der Waals surface area contributed by atoms with Gasteiger partial charge in [0, 0.05) is 13.1 Å². The van der Waals surface area contributed by atoms with Crippen LogP contribution in [-0.2, 0) is 9.53 Å². The number of rotatable bonds is 3. The van der Waals surface area contributed by atoms with Crippen LogP contribution in [0.25, 0.3) is 0 Å². The molecule has 4 nitrogen and oxygen atoms in total. The average molecular weight is 184 g/mol. The minimum absolute atomic E-state index is 0.0894. The fourth-order valence-corrected chi connectivity index (χ4v) is 1.42. The van der Waals surface area contributed by atoms with Crippen molar-refractivity contribution in [3.8, 4) is 0 Å². The Kier molecular flexibility index (Phi) is 2.80. The molecule has 4 heteroatoms. The molecule has 0 aromatic rings. The Balaban J connectivity index is 1.67. The summed E-state index contributed by atoms with van der Waals surface area (Å²) in [5.74, 6) is 0.833. The van der Waals surface area contributed by atoms with Crippen LogP contribution in [0.2, 0.25) is 0 Å². The number of nitrogens with one attached hydrogen (secondary N) is 2. The van der Waals surface area contributed by atoms with E-state index in [9.17, 15) is 4.79 Å². The van der Waals surface area contributed by atoms with Gasteiger partial charge in [0.1, 0.15) is 6.04 Å². The molecule has 2 N–H and O–H groups in total. The molecule has 2 aliphatic rings. The molecule has 0 radical (unpaired) electrons. The Morgan fingerprint density at radius 1 is 1.54 bits per heavy atom. The van der Waals surface area contributed by atoms with Crippen LogP contribution in [0.4, 0.5) is 0 Å². The van der Waals surface area contributed by atoms with Gasteiger partial charge in [0.15, 0.2) is 0 Å². The number of carbonyl (C=O) groups is 1. The van der Waals surface area contributed by atoms with Crippen molar-refractivity contribution in [3.63, 3.8) is 0 Å². The van der Waals surface area contributed by atoms with Crippen LogP contribution in [-0.4, -0.2) is 38.3 Å². The Hall–Kier alpha value is -0.610. The molecule has 2 fully saturated rings. The Morgan fingerprint density at radius 3 is 3.00 bits per heavy atom. The Labute approximate surface area is 78.0 Å². The molecule has 0 aromatic heterocycles. The predicted molar refractivity (Wildman–Crippen MR) is 48.3 cm³/mol. The Bertz CT molecular complexity index is 186. The van der Waals surface area contributed by atoms with E-state index in [1.807, 2.05) is 0 Å². The molecule has 74 valence electrons. The summed E-state index contributed by atoms with van der Waals surface area (Å²) in [6, 6.07) is -0.132. The molecule has 0 spiro atoms. The zero-order valence-corrected chi connectivity index (χ0v) is 7.71. The lowest BCUT2D eigenvalue weighted by Crippen LogP contribution is -2.51. The van der Waals surface area contributed by atoms with E-state index in [1.165, 1.54) is 12.8 Å². The van der Waals surface area contributed by atoms with Crippen molar-refractivity contribution >= 4 is 5.91 Å². The van der Waals surface area contributed by atoms with Gasteiger partial charge in [-0.25, -0.2) is 0 Å². The number of hydrogen-bond acceptors (Lipinski definition) is 3. The number of carbonyl (C=O) groups excluding carboxylic acids is 1. The fraction of sp³-hybridized carbons (Fsp3) is 0.889. The fourth-order valence-electron chi connectivity index (χ4n) is 1.42. The van der Waals surface area contributed by atoms with Crippen LogP contribution in [0.3, 0.4) is 0 Å². The van der Waals surface area contributed by atoms with Crippen molar-refractivity contribution in [2.75, 3.05) is 26.3 Å². The number of hydrogen-bond donors (Lipinski definition) is 2. The van der Waals surface area contributed by atoms with Crippen molar-refractivity contribution in [2.24, 2.45) is 5.92 Å². The highest BCUT2D eigenvalue weighted by Gasteiger charge is 2.25. The van der Waals surface area contributed by atoms with E-state index in [0.29, 0.717) is 13.2 Å². The summed E-state index contributed by atoms with van der Waals surface area (Å²) < 4.78 is 5.20. The van der Waals surface area contributed by atoms with Crippen molar-refractivity contribution in [2.45, 2.75) is 18.9 Å². The van der Waals surface area contributed by atoms with E-state index >= 15 is 0 Å². The highest BCUT2D eigenvalue weighted by molar-refractivity contribution is 5.81. The van der Waals surface area contributed by atoms with Gasteiger partial charge < -0.3 is 15.4 Å². The third-order valence-electron chi connectivity index (χ3n) is 2.50. The maximum atomic E-state index is 11.5. The van der Waals surface area contributed by atoms with E-state index < -0.39 is 0 Å². The van der Waals surface area contributed by atoms with E-state index in [2.05, 4.69) is 10.6 Å². The molecule has 0 bridgehead atoms. The first-order valence-corrected chi connectivity index (χ1v) is 4.95. The molecular weight excluding hydrogens is 168 g/mol. The molecule has 1 aliphatic carbocycles. The highest BCUT2D eigenvalue weighted by Crippen LogP contribution is 2.27. The van der Waals surface area contributed by atoms with Gasteiger partial charge in [-0.1, -0.05) is 0 Å². The van der Waals surface area contributed by atoms with Crippen LogP contribution in [0, 0.1) is 5.92 Å². The predicted octanol–water partition coefficient (Wildman–Crippen LogP) is -0.499. The van der Waals surface area contributed by atoms with Crippen molar-refractivity contribution in [3.05, 3.63) is 0 Å². The topological polar surface area (TPSA) is 50.4 Å². The van der Waals surface area contributed by atoms with Gasteiger partial charge >= 0.3 is 0 Å². The first-order valence-electron chi connectivity index (χ1n) is 4.95. The first-order chi connectivity index (χ1) is 6.36. The second kappa shape index (κ2) is 4.07. The van der Waals surface area contributed by atoms with E-state index in [1.54, 1.807) is 0 Å². The summed E-state index contributed by atoms with van der Waals surface area (Å²) in [6.07, 6.45) is 2.55. The van der Waals surface area contributed by atoms with Gasteiger partial charge in [0.2, 0.25) is 5.91 Å². The lowest BCUT2D eigenvalue weighted by molar-refractivity contribution is -0.125. The van der Waals surface area contributed by atoms with Gasteiger partial charge in [-0.2, -0.15) is 0 Å². The molecule has 1 heterocycles. The van der Waals surface area contributed by atoms with E-state index in [0.717, 1.165) is 19.0 Å². The molecule has 1 amide bonds. The smallest absolute Gasteiger partial charge is 0.239 e. The SMILES string of the molecule is O=C(NCC1CC1)C1COCCN1. The summed E-state index contributed by atoms with van der Waals surface area (Å²) in [7, 11) is 0. The average Bonchev–Trinajstić information content (AvgIpc) is 2.99. The molecular formula is C9H16N2O2. The number of amides is 1. The standard InChI is InChI=1S/C9H16N2O2/c12-9(11-5-7-1-2-7)8-6-13-4-3-10-8/h7-8,10H,1-6H2,(H,11,12). The van der Waals surface area contributed by atoms with Gasteiger partial charge in [-0.15, -0.1) is 0 Å². The molecule has 1 saturated heterocycles. The third kappa shape index (κ3) is 2.67. The summed E-state index contributed by atoms with van der Waals surface area (Å²) in [4.78, 5) is 11.5. The molecule has 1 aliphatic heterocycles. The zero-order chi connectivity index (χ0) is 9.10. The summed E-state index contributed by atoms with van der Waals surface area (Å²) >= 11 is 0. The van der Waals surface area contributed by atoms with Gasteiger partial charge in [-0.05, 0) is 18.8 Å². The normalized spacial score (nSPS) is 28.5. The molecule has 1 saturated carbocycles. The lowest BCUT2D eigenvalue weighted by atomic mass is 10.2. The summed E-state index contributed by atoms with van der Waals surface area (Å²) in [5.41, 5.74) is 0. The number of morpholine rings is 1. The van der Waals surface area contributed by atoms with Gasteiger partial charge in [0.25, 0.3) is 0 Å². The third-order valence-corrected chi connectivity index (χ3v) is 2.50. The highest BCUT2D eigenvalue weighted by atomic mass is 16.5. The Morgan fingerprint density at radius 2 is 2.38 bits per heavy atom. The zero-order valence-electron chi connectivity index (χ0n) is 7.71. The number of ether oxygens (including phenoxy) is 1. The molecule has 1 atom stereocenters. The lowest BCUT2D eigenvalue weighted by Gasteiger charge is -2.22. The van der Waals surface area contributed by atoms with Crippen molar-refractivity contribution in [1.82, 2.24) is 10.6 Å².